The molecule has 1 saturated heterocycles. The molecule has 3 N–H and O–H groups in total. The number of nitrogens with one attached hydrogen (secondary N) is 1. The third kappa shape index (κ3) is 3.09. The molecule has 3 heteroatoms. The van der Waals surface area contributed by atoms with Crippen LogP contribution in [0.4, 0.5) is 11.4 Å². The number of benzene rings is 1. The summed E-state index contributed by atoms with van der Waals surface area (Å²) in [6.45, 7) is 3.22. The van der Waals surface area contributed by atoms with Crippen molar-refractivity contribution < 1.29 is 0 Å². The molecule has 1 aromatic rings. The lowest BCUT2D eigenvalue weighted by molar-refractivity contribution is 0.332. The van der Waals surface area contributed by atoms with Crippen molar-refractivity contribution in [1.29, 1.82) is 0 Å². The van der Waals surface area contributed by atoms with E-state index in [2.05, 4.69) is 34.5 Å². The minimum absolute atomic E-state index is 0.558. The summed E-state index contributed by atoms with van der Waals surface area (Å²) >= 11 is 0. The van der Waals surface area contributed by atoms with Gasteiger partial charge in [-0.1, -0.05) is 18.9 Å². The summed E-state index contributed by atoms with van der Waals surface area (Å²) in [4.78, 5) is 2.49. The lowest BCUT2D eigenvalue weighted by atomic mass is 9.84. The van der Waals surface area contributed by atoms with Crippen LogP contribution in [0.2, 0.25) is 0 Å². The van der Waals surface area contributed by atoms with Crippen LogP contribution in [0.1, 0.15) is 38.5 Å². The molecule has 2 atom stereocenters. The highest BCUT2D eigenvalue weighted by Crippen LogP contribution is 2.29. The topological polar surface area (TPSA) is 41.3 Å². The van der Waals surface area contributed by atoms with Crippen LogP contribution in [-0.2, 0) is 0 Å². The summed E-state index contributed by atoms with van der Waals surface area (Å²) in [5, 5.41) is 3.74. The lowest BCUT2D eigenvalue weighted by Crippen LogP contribution is -2.36. The predicted octanol–water partition coefficient (Wildman–Crippen LogP) is 3.22. The van der Waals surface area contributed by atoms with Crippen LogP contribution in [0, 0.1) is 5.92 Å². The van der Waals surface area contributed by atoms with Gasteiger partial charge in [0.05, 0.1) is 0 Å². The van der Waals surface area contributed by atoms with Gasteiger partial charge in [-0.15, -0.1) is 0 Å². The van der Waals surface area contributed by atoms with Crippen LogP contribution in [0.3, 0.4) is 0 Å². The highest BCUT2D eigenvalue weighted by Gasteiger charge is 2.23. The van der Waals surface area contributed by atoms with Crippen LogP contribution in [0.5, 0.6) is 0 Å². The van der Waals surface area contributed by atoms with Gasteiger partial charge in [0.1, 0.15) is 0 Å². The van der Waals surface area contributed by atoms with E-state index >= 15 is 0 Å². The Labute approximate surface area is 122 Å². The van der Waals surface area contributed by atoms with E-state index in [1.165, 1.54) is 63.0 Å². The number of anilines is 2. The van der Waals surface area contributed by atoms with E-state index in [4.69, 9.17) is 5.73 Å². The van der Waals surface area contributed by atoms with Crippen LogP contribution < -0.4 is 16.0 Å². The largest absolute Gasteiger partial charge is 0.382 e. The maximum absolute atomic E-state index is 5.93. The van der Waals surface area contributed by atoms with Crippen LogP contribution >= 0.6 is 0 Å². The molecular formula is C17H27N3. The third-order valence-corrected chi connectivity index (χ3v) is 4.88. The molecule has 0 radical (unpaired) electrons. The molecule has 2 aliphatic rings. The zero-order valence-corrected chi connectivity index (χ0v) is 12.4. The lowest BCUT2D eigenvalue weighted by Gasteiger charge is -2.32. The van der Waals surface area contributed by atoms with Crippen LogP contribution in [0.15, 0.2) is 24.3 Å². The van der Waals surface area contributed by atoms with Gasteiger partial charge in [-0.2, -0.15) is 0 Å². The molecule has 0 bridgehead atoms. The Hall–Kier alpha value is -1.22. The van der Waals surface area contributed by atoms with E-state index in [0.29, 0.717) is 12.0 Å². The summed E-state index contributed by atoms with van der Waals surface area (Å²) in [7, 11) is 0. The van der Waals surface area contributed by atoms with Gasteiger partial charge in [0, 0.05) is 30.5 Å². The van der Waals surface area contributed by atoms with E-state index in [9.17, 15) is 0 Å². The van der Waals surface area contributed by atoms with Gasteiger partial charge in [0.15, 0.2) is 0 Å². The van der Waals surface area contributed by atoms with Crippen molar-refractivity contribution in [3.8, 4) is 0 Å². The maximum Gasteiger partial charge on any atom is 0.0386 e. The maximum atomic E-state index is 5.93. The fourth-order valence-corrected chi connectivity index (χ4v) is 3.66. The normalized spacial score (nSPS) is 26.8. The fraction of sp³-hybridized carbons (Fsp3) is 0.647. The second-order valence-electron chi connectivity index (χ2n) is 6.28. The monoisotopic (exact) mass is 273 g/mol. The first-order valence-electron chi connectivity index (χ1n) is 8.18. The first kappa shape index (κ1) is 13.7. The predicted molar refractivity (Wildman–Crippen MR) is 86.3 cm³/mol. The molecule has 2 unspecified atom stereocenters. The van der Waals surface area contributed by atoms with E-state index in [1.54, 1.807) is 0 Å². The Morgan fingerprint density at radius 1 is 1.10 bits per heavy atom. The standard InChI is InChI=1S/C17H27N3/c18-13-14-6-1-2-9-17(14)19-15-7-5-8-16(12-15)20-10-3-4-11-20/h5,7-8,12,14,17,19H,1-4,6,9-11,13,18H2. The van der Waals surface area contributed by atoms with E-state index in [0.717, 1.165) is 6.54 Å². The zero-order chi connectivity index (χ0) is 13.8. The Balaban J connectivity index is 1.68. The molecule has 3 nitrogen and oxygen atoms in total. The summed E-state index contributed by atoms with van der Waals surface area (Å²) in [6.07, 6.45) is 7.87. The minimum atomic E-state index is 0.558. The van der Waals surface area contributed by atoms with E-state index < -0.39 is 0 Å². The summed E-state index contributed by atoms with van der Waals surface area (Å²) in [5.74, 6) is 0.638. The quantitative estimate of drug-likeness (QED) is 0.885. The molecular weight excluding hydrogens is 246 g/mol. The van der Waals surface area contributed by atoms with Gasteiger partial charge < -0.3 is 16.0 Å². The molecule has 1 aliphatic carbocycles. The Kier molecular flexibility index (Phi) is 4.46. The molecule has 0 spiro atoms. The number of nitrogens with two attached hydrogens (primary N) is 1. The Morgan fingerprint density at radius 3 is 2.70 bits per heavy atom. The number of hydrogen-bond donors (Lipinski definition) is 2. The van der Waals surface area contributed by atoms with Gasteiger partial charge >= 0.3 is 0 Å². The highest BCUT2D eigenvalue weighted by atomic mass is 15.1. The molecule has 3 rings (SSSR count). The summed E-state index contributed by atoms with van der Waals surface area (Å²) < 4.78 is 0. The molecule has 0 amide bonds. The number of nitrogens with zero attached hydrogens (tertiary/aromatic N) is 1. The second-order valence-corrected chi connectivity index (χ2v) is 6.28. The molecule has 2 fully saturated rings. The van der Waals surface area contributed by atoms with Gasteiger partial charge in [-0.3, -0.25) is 0 Å². The summed E-state index contributed by atoms with van der Waals surface area (Å²) in [6, 6.07) is 9.48. The number of hydrogen-bond acceptors (Lipinski definition) is 3. The molecule has 1 saturated carbocycles. The van der Waals surface area contributed by atoms with E-state index in [1.807, 2.05) is 0 Å². The SMILES string of the molecule is NCC1CCCCC1Nc1cccc(N2CCCC2)c1. The average molecular weight is 273 g/mol. The first-order valence-corrected chi connectivity index (χ1v) is 8.18. The van der Waals surface area contributed by atoms with Crippen molar-refractivity contribution in [2.24, 2.45) is 11.7 Å². The van der Waals surface area contributed by atoms with Gasteiger partial charge in [-0.05, 0) is 56.3 Å². The fourth-order valence-electron chi connectivity index (χ4n) is 3.66. The van der Waals surface area contributed by atoms with Crippen LogP contribution in [0.25, 0.3) is 0 Å². The molecule has 1 aliphatic heterocycles. The molecule has 1 heterocycles. The average Bonchev–Trinajstić information content (AvgIpc) is 3.02. The van der Waals surface area contributed by atoms with Crippen molar-refractivity contribution in [3.63, 3.8) is 0 Å². The molecule has 20 heavy (non-hydrogen) atoms. The second kappa shape index (κ2) is 6.49. The van der Waals surface area contributed by atoms with Crippen molar-refractivity contribution in [1.82, 2.24) is 0 Å². The smallest absolute Gasteiger partial charge is 0.0386 e. The molecule has 0 aromatic heterocycles. The molecule has 110 valence electrons. The number of rotatable bonds is 4. The van der Waals surface area contributed by atoms with Crippen molar-refractivity contribution >= 4 is 11.4 Å². The van der Waals surface area contributed by atoms with Gasteiger partial charge in [0.2, 0.25) is 0 Å². The first-order chi connectivity index (χ1) is 9.86. The van der Waals surface area contributed by atoms with Gasteiger partial charge in [-0.25, -0.2) is 0 Å². The Morgan fingerprint density at radius 2 is 1.90 bits per heavy atom. The van der Waals surface area contributed by atoms with Crippen molar-refractivity contribution in [2.75, 3.05) is 29.9 Å². The highest BCUT2D eigenvalue weighted by molar-refractivity contribution is 5.58. The van der Waals surface area contributed by atoms with Gasteiger partial charge in [0.25, 0.3) is 0 Å². The Bertz CT molecular complexity index is 426. The minimum Gasteiger partial charge on any atom is -0.382 e. The van der Waals surface area contributed by atoms with E-state index in [-0.39, 0.29) is 0 Å². The molecule has 1 aromatic carbocycles. The summed E-state index contributed by atoms with van der Waals surface area (Å²) in [5.41, 5.74) is 8.56. The van der Waals surface area contributed by atoms with Crippen LogP contribution in [-0.4, -0.2) is 25.7 Å². The zero-order valence-electron chi connectivity index (χ0n) is 12.4. The van der Waals surface area contributed by atoms with Crippen molar-refractivity contribution in [2.45, 2.75) is 44.6 Å². The van der Waals surface area contributed by atoms with Crippen molar-refractivity contribution in [3.05, 3.63) is 24.3 Å². The third-order valence-electron chi connectivity index (χ3n) is 4.88.